The molecule has 1 saturated carbocycles. The second kappa shape index (κ2) is 9.86. The van der Waals surface area contributed by atoms with Gasteiger partial charge in [0.25, 0.3) is 0 Å². The number of halogens is 1. The molecule has 0 spiro atoms. The van der Waals surface area contributed by atoms with E-state index in [9.17, 15) is 0 Å². The van der Waals surface area contributed by atoms with Gasteiger partial charge in [0.1, 0.15) is 22.6 Å². The van der Waals surface area contributed by atoms with Gasteiger partial charge in [0.15, 0.2) is 5.82 Å². The number of nitrogens with zero attached hydrogens (tertiary/aromatic N) is 4. The van der Waals surface area contributed by atoms with E-state index in [-0.39, 0.29) is 0 Å². The monoisotopic (exact) mass is 441 g/mol. The minimum Gasteiger partial charge on any atom is -0.492 e. The zero-order valence-electron chi connectivity index (χ0n) is 18.7. The van der Waals surface area contributed by atoms with Gasteiger partial charge in [-0.05, 0) is 43.9 Å². The number of aromatic nitrogens is 4. The van der Waals surface area contributed by atoms with Crippen LogP contribution in [0.3, 0.4) is 0 Å². The Morgan fingerprint density at radius 3 is 2.68 bits per heavy atom. The maximum Gasteiger partial charge on any atom is 0.156 e. The molecule has 2 heterocycles. The lowest BCUT2D eigenvalue weighted by molar-refractivity contribution is 0.340. The molecule has 7 heteroatoms. The molecule has 2 aromatic heterocycles. The van der Waals surface area contributed by atoms with Crippen molar-refractivity contribution in [3.8, 4) is 5.75 Å². The van der Waals surface area contributed by atoms with Gasteiger partial charge >= 0.3 is 0 Å². The third kappa shape index (κ3) is 4.79. The number of hydrogen-bond acceptors (Lipinski definition) is 5. The molecule has 1 N–H and O–H groups in total. The Hall–Kier alpha value is -2.34. The van der Waals surface area contributed by atoms with Crippen molar-refractivity contribution in [2.24, 2.45) is 7.05 Å². The number of ether oxygens (including phenoxy) is 1. The van der Waals surface area contributed by atoms with Gasteiger partial charge in [0, 0.05) is 19.5 Å². The second-order valence-corrected chi connectivity index (χ2v) is 8.74. The van der Waals surface area contributed by atoms with Crippen molar-refractivity contribution < 1.29 is 4.74 Å². The van der Waals surface area contributed by atoms with Crippen molar-refractivity contribution in [2.45, 2.75) is 71.3 Å². The van der Waals surface area contributed by atoms with Gasteiger partial charge in [0.2, 0.25) is 0 Å². The first-order chi connectivity index (χ1) is 15.1. The maximum absolute atomic E-state index is 6.38. The van der Waals surface area contributed by atoms with Crippen molar-refractivity contribution in [3.05, 3.63) is 40.3 Å². The number of rotatable bonds is 8. The van der Waals surface area contributed by atoms with Crippen LogP contribution in [0.4, 0.5) is 5.82 Å². The Bertz CT molecular complexity index is 1040. The first-order valence-electron chi connectivity index (χ1n) is 11.5. The molecule has 1 aliphatic rings. The molecule has 0 radical (unpaired) electrons. The molecule has 0 amide bonds. The summed E-state index contributed by atoms with van der Waals surface area (Å²) in [6, 6.07) is 5.91. The zero-order chi connectivity index (χ0) is 21.8. The number of nitrogens with one attached hydrogen (secondary N) is 1. The smallest absolute Gasteiger partial charge is 0.156 e. The molecule has 31 heavy (non-hydrogen) atoms. The van der Waals surface area contributed by atoms with Crippen LogP contribution >= 0.6 is 11.6 Å². The molecular formula is C24H32ClN5O. The van der Waals surface area contributed by atoms with Gasteiger partial charge in [-0.15, -0.1) is 0 Å². The van der Waals surface area contributed by atoms with Gasteiger partial charge in [-0.25, -0.2) is 9.97 Å². The fourth-order valence-electron chi connectivity index (χ4n) is 4.44. The molecule has 166 valence electrons. The number of fused-ring (bicyclic) bond motifs is 1. The number of hydrogen-bond donors (Lipinski definition) is 1. The van der Waals surface area contributed by atoms with Crippen LogP contribution in [0, 0.1) is 0 Å². The van der Waals surface area contributed by atoms with Crippen molar-refractivity contribution in [2.75, 3.05) is 11.9 Å². The SMILES string of the molecule is CCCc1nn(C)c2c(NCc3ccc(OCC)c(Cl)c3)nc(C3CCCCC3)nc12. The summed E-state index contributed by atoms with van der Waals surface area (Å²) in [5, 5.41) is 8.94. The van der Waals surface area contributed by atoms with Gasteiger partial charge in [-0.2, -0.15) is 5.10 Å². The topological polar surface area (TPSA) is 64.9 Å². The Morgan fingerprint density at radius 2 is 1.97 bits per heavy atom. The molecule has 0 atom stereocenters. The van der Waals surface area contributed by atoms with E-state index in [1.807, 2.05) is 36.9 Å². The summed E-state index contributed by atoms with van der Waals surface area (Å²) in [6.45, 7) is 5.35. The summed E-state index contributed by atoms with van der Waals surface area (Å²) >= 11 is 6.38. The van der Waals surface area contributed by atoms with Crippen molar-refractivity contribution >= 4 is 28.5 Å². The summed E-state index contributed by atoms with van der Waals surface area (Å²) in [5.41, 5.74) is 4.11. The van der Waals surface area contributed by atoms with Gasteiger partial charge in [-0.3, -0.25) is 4.68 Å². The van der Waals surface area contributed by atoms with Crippen LogP contribution in [0.1, 0.15) is 75.4 Å². The van der Waals surface area contributed by atoms with E-state index in [1.165, 1.54) is 32.1 Å². The lowest BCUT2D eigenvalue weighted by atomic mass is 9.88. The van der Waals surface area contributed by atoms with Crippen LogP contribution in [0.25, 0.3) is 11.0 Å². The minimum atomic E-state index is 0.438. The third-order valence-electron chi connectivity index (χ3n) is 5.98. The first kappa shape index (κ1) is 21.9. The number of anilines is 1. The van der Waals surface area contributed by atoms with Crippen molar-refractivity contribution in [1.82, 2.24) is 19.7 Å². The van der Waals surface area contributed by atoms with E-state index in [4.69, 9.17) is 31.4 Å². The fourth-order valence-corrected chi connectivity index (χ4v) is 4.70. The predicted molar refractivity (Wildman–Crippen MR) is 126 cm³/mol. The molecule has 3 aromatic rings. The molecule has 0 saturated heterocycles. The van der Waals surface area contributed by atoms with Crippen LogP contribution in [0.15, 0.2) is 18.2 Å². The molecular weight excluding hydrogens is 410 g/mol. The van der Waals surface area contributed by atoms with Gasteiger partial charge < -0.3 is 10.1 Å². The first-order valence-corrected chi connectivity index (χ1v) is 11.9. The molecule has 1 fully saturated rings. The second-order valence-electron chi connectivity index (χ2n) is 8.33. The van der Waals surface area contributed by atoms with E-state index in [1.54, 1.807) is 0 Å². The Labute approximate surface area is 189 Å². The van der Waals surface area contributed by atoms with Crippen molar-refractivity contribution in [3.63, 3.8) is 0 Å². The molecule has 4 rings (SSSR count). The van der Waals surface area contributed by atoms with Crippen LogP contribution in [-0.2, 0) is 20.0 Å². The quantitative estimate of drug-likeness (QED) is 0.462. The lowest BCUT2D eigenvalue weighted by Crippen LogP contribution is -2.12. The summed E-state index contributed by atoms with van der Waals surface area (Å²) < 4.78 is 7.47. The van der Waals surface area contributed by atoms with Crippen molar-refractivity contribution in [1.29, 1.82) is 0 Å². The summed E-state index contributed by atoms with van der Waals surface area (Å²) in [7, 11) is 1.98. The van der Waals surface area contributed by atoms with Crippen LogP contribution in [0.5, 0.6) is 5.75 Å². The van der Waals surface area contributed by atoms with E-state index in [0.717, 1.165) is 46.8 Å². The number of aryl methyl sites for hydroxylation is 2. The Balaban J connectivity index is 1.67. The van der Waals surface area contributed by atoms with Crippen LogP contribution < -0.4 is 10.1 Å². The van der Waals surface area contributed by atoms with Crippen LogP contribution in [0.2, 0.25) is 5.02 Å². The molecule has 0 aliphatic heterocycles. The van der Waals surface area contributed by atoms with E-state index in [2.05, 4.69) is 12.2 Å². The van der Waals surface area contributed by atoms with E-state index >= 15 is 0 Å². The lowest BCUT2D eigenvalue weighted by Gasteiger charge is -2.21. The summed E-state index contributed by atoms with van der Waals surface area (Å²) in [5.74, 6) is 2.97. The Morgan fingerprint density at radius 1 is 1.16 bits per heavy atom. The zero-order valence-corrected chi connectivity index (χ0v) is 19.5. The third-order valence-corrected chi connectivity index (χ3v) is 6.28. The molecule has 1 aromatic carbocycles. The molecule has 0 unspecified atom stereocenters. The number of benzene rings is 1. The molecule has 0 bridgehead atoms. The normalized spacial score (nSPS) is 14.8. The average molecular weight is 442 g/mol. The minimum absolute atomic E-state index is 0.438. The molecule has 6 nitrogen and oxygen atoms in total. The van der Waals surface area contributed by atoms with Crippen LogP contribution in [-0.4, -0.2) is 26.4 Å². The highest BCUT2D eigenvalue weighted by molar-refractivity contribution is 6.32. The molecule has 1 aliphatic carbocycles. The maximum atomic E-state index is 6.38. The highest BCUT2D eigenvalue weighted by Gasteiger charge is 2.23. The fraction of sp³-hybridized carbons (Fsp3) is 0.542. The Kier molecular flexibility index (Phi) is 6.96. The average Bonchev–Trinajstić information content (AvgIpc) is 3.10. The van der Waals surface area contributed by atoms with Gasteiger partial charge in [-0.1, -0.05) is 50.3 Å². The van der Waals surface area contributed by atoms with E-state index in [0.29, 0.717) is 29.8 Å². The highest BCUT2D eigenvalue weighted by Crippen LogP contribution is 2.34. The van der Waals surface area contributed by atoms with Gasteiger partial charge in [0.05, 0.1) is 17.3 Å². The summed E-state index contributed by atoms with van der Waals surface area (Å²) in [6.07, 6.45) is 8.14. The predicted octanol–water partition coefficient (Wildman–Crippen LogP) is 6.03. The summed E-state index contributed by atoms with van der Waals surface area (Å²) in [4.78, 5) is 10.0. The standard InChI is InChI=1S/C24H32ClN5O/c1-4-9-19-21-22(30(3)29-19)24(28-23(27-21)17-10-7-6-8-11-17)26-15-16-12-13-20(31-5-2)18(25)14-16/h12-14,17H,4-11,15H2,1-3H3,(H,26,27,28). The largest absolute Gasteiger partial charge is 0.492 e. The van der Waals surface area contributed by atoms with E-state index < -0.39 is 0 Å². The highest BCUT2D eigenvalue weighted by atomic mass is 35.5.